The molecule has 0 aliphatic heterocycles. The Bertz CT molecular complexity index is 441. The van der Waals surface area contributed by atoms with Crippen molar-refractivity contribution in [3.8, 4) is 0 Å². The first kappa shape index (κ1) is 8.28. The van der Waals surface area contributed by atoms with Gasteiger partial charge in [-0.2, -0.15) is 0 Å². The Morgan fingerprint density at radius 1 is 1.23 bits per heavy atom. The monoisotopic (exact) mass is 179 g/mol. The van der Waals surface area contributed by atoms with Crippen molar-refractivity contribution in [3.05, 3.63) is 30.2 Å². The van der Waals surface area contributed by atoms with Crippen LogP contribution in [0.2, 0.25) is 0 Å². The number of hydrogen-bond donors (Lipinski definition) is 3. The number of nitrogens with one attached hydrogen (secondary N) is 1. The molecule has 2 rings (SSSR count). The van der Waals surface area contributed by atoms with Crippen molar-refractivity contribution in [2.24, 2.45) is 0 Å². The summed E-state index contributed by atoms with van der Waals surface area (Å²) in [6.07, 6.45) is 1.56. The zero-order valence-electron chi connectivity index (χ0n) is 6.66. The highest BCUT2D eigenvalue weighted by Crippen LogP contribution is 2.13. The molecule has 0 amide bonds. The number of aromatic nitrogens is 1. The van der Waals surface area contributed by atoms with E-state index in [1.807, 2.05) is 0 Å². The topological polar surface area (TPSA) is 56.2 Å². The predicted octanol–water partition coefficient (Wildman–Crippen LogP) is -0.0132. The summed E-state index contributed by atoms with van der Waals surface area (Å²) in [6.45, 7) is 0. The number of halogens is 1. The van der Waals surface area contributed by atoms with Crippen LogP contribution in [-0.2, 0) is 0 Å². The second-order valence-corrected chi connectivity index (χ2v) is 2.78. The maximum absolute atomic E-state index is 13.1. The SMILES string of the molecule is OB(O)c1ccc(F)c2[nH]ccc12. The molecule has 0 aliphatic carbocycles. The first-order valence-corrected chi connectivity index (χ1v) is 3.82. The van der Waals surface area contributed by atoms with Gasteiger partial charge in [-0.15, -0.1) is 0 Å². The molecule has 1 aromatic heterocycles. The Kier molecular flexibility index (Phi) is 1.83. The van der Waals surface area contributed by atoms with Crippen molar-refractivity contribution in [2.75, 3.05) is 0 Å². The molecular weight excluding hydrogens is 172 g/mol. The van der Waals surface area contributed by atoms with Gasteiger partial charge in [-0.05, 0) is 17.6 Å². The number of fused-ring (bicyclic) bond motifs is 1. The summed E-state index contributed by atoms with van der Waals surface area (Å²) in [5.74, 6) is -0.399. The normalized spacial score (nSPS) is 10.7. The molecule has 0 radical (unpaired) electrons. The Labute approximate surface area is 74.0 Å². The molecule has 0 spiro atoms. The van der Waals surface area contributed by atoms with Gasteiger partial charge in [-0.1, -0.05) is 6.07 Å². The molecule has 1 heterocycles. The fraction of sp³-hybridized carbons (Fsp3) is 0. The molecule has 0 atom stereocenters. The average molecular weight is 179 g/mol. The van der Waals surface area contributed by atoms with Crippen LogP contribution in [0.4, 0.5) is 4.39 Å². The lowest BCUT2D eigenvalue weighted by Gasteiger charge is -2.01. The summed E-state index contributed by atoms with van der Waals surface area (Å²) in [6, 6.07) is 4.16. The number of aromatic amines is 1. The second kappa shape index (κ2) is 2.87. The molecule has 5 heteroatoms. The quantitative estimate of drug-likeness (QED) is 0.539. The zero-order chi connectivity index (χ0) is 9.42. The van der Waals surface area contributed by atoms with Crippen LogP contribution in [0.25, 0.3) is 10.9 Å². The molecule has 3 nitrogen and oxygen atoms in total. The molecular formula is C8H7BFNO2. The molecule has 0 aliphatic rings. The van der Waals surface area contributed by atoms with E-state index >= 15 is 0 Å². The average Bonchev–Trinajstić information content (AvgIpc) is 2.53. The van der Waals surface area contributed by atoms with Crippen molar-refractivity contribution in [1.82, 2.24) is 4.98 Å². The maximum Gasteiger partial charge on any atom is 0.489 e. The molecule has 0 saturated heterocycles. The van der Waals surface area contributed by atoms with Gasteiger partial charge in [0.1, 0.15) is 5.82 Å². The van der Waals surface area contributed by atoms with Crippen molar-refractivity contribution in [3.63, 3.8) is 0 Å². The van der Waals surface area contributed by atoms with E-state index in [0.29, 0.717) is 16.4 Å². The van der Waals surface area contributed by atoms with Crippen molar-refractivity contribution < 1.29 is 14.4 Å². The fourth-order valence-electron chi connectivity index (χ4n) is 1.37. The van der Waals surface area contributed by atoms with Gasteiger partial charge in [0.25, 0.3) is 0 Å². The minimum Gasteiger partial charge on any atom is -0.423 e. The van der Waals surface area contributed by atoms with Crippen LogP contribution in [0.15, 0.2) is 24.4 Å². The summed E-state index contributed by atoms with van der Waals surface area (Å²) in [5, 5.41) is 18.4. The smallest absolute Gasteiger partial charge is 0.423 e. The number of benzene rings is 1. The van der Waals surface area contributed by atoms with Crippen LogP contribution in [0.1, 0.15) is 0 Å². The summed E-state index contributed by atoms with van der Waals surface area (Å²) in [7, 11) is -1.57. The van der Waals surface area contributed by atoms with E-state index in [1.54, 1.807) is 12.3 Å². The van der Waals surface area contributed by atoms with E-state index in [2.05, 4.69) is 4.98 Å². The van der Waals surface area contributed by atoms with Gasteiger partial charge in [0.15, 0.2) is 0 Å². The summed E-state index contributed by atoms with van der Waals surface area (Å²) in [4.78, 5) is 2.69. The minimum atomic E-state index is -1.57. The predicted molar refractivity (Wildman–Crippen MR) is 48.1 cm³/mol. The highest BCUT2D eigenvalue weighted by molar-refractivity contribution is 6.61. The van der Waals surface area contributed by atoms with E-state index in [1.165, 1.54) is 12.1 Å². The van der Waals surface area contributed by atoms with Gasteiger partial charge >= 0.3 is 7.12 Å². The van der Waals surface area contributed by atoms with Crippen LogP contribution in [-0.4, -0.2) is 22.2 Å². The lowest BCUT2D eigenvalue weighted by molar-refractivity contribution is 0.426. The summed E-state index contributed by atoms with van der Waals surface area (Å²) in [5.41, 5.74) is 0.600. The molecule has 0 fully saturated rings. The van der Waals surface area contributed by atoms with E-state index in [-0.39, 0.29) is 0 Å². The molecule has 13 heavy (non-hydrogen) atoms. The van der Waals surface area contributed by atoms with Gasteiger partial charge < -0.3 is 15.0 Å². The minimum absolute atomic E-state index is 0.297. The Morgan fingerprint density at radius 3 is 2.69 bits per heavy atom. The highest BCUT2D eigenvalue weighted by atomic mass is 19.1. The van der Waals surface area contributed by atoms with Crippen LogP contribution in [0.3, 0.4) is 0 Å². The van der Waals surface area contributed by atoms with Crippen molar-refractivity contribution in [2.45, 2.75) is 0 Å². The van der Waals surface area contributed by atoms with Gasteiger partial charge in [-0.3, -0.25) is 0 Å². The summed E-state index contributed by atoms with van der Waals surface area (Å²) >= 11 is 0. The number of H-pyrrole nitrogens is 1. The molecule has 2 aromatic rings. The third kappa shape index (κ3) is 1.22. The number of hydrogen-bond acceptors (Lipinski definition) is 2. The third-order valence-electron chi connectivity index (χ3n) is 1.98. The van der Waals surface area contributed by atoms with Crippen LogP contribution >= 0.6 is 0 Å². The third-order valence-corrected chi connectivity index (χ3v) is 1.98. The largest absolute Gasteiger partial charge is 0.489 e. The van der Waals surface area contributed by atoms with E-state index in [9.17, 15) is 4.39 Å². The zero-order valence-corrected chi connectivity index (χ0v) is 6.66. The molecule has 0 unspecified atom stereocenters. The molecule has 1 aromatic carbocycles. The lowest BCUT2D eigenvalue weighted by atomic mass is 9.78. The van der Waals surface area contributed by atoms with Crippen molar-refractivity contribution >= 4 is 23.5 Å². The highest BCUT2D eigenvalue weighted by Gasteiger charge is 2.16. The van der Waals surface area contributed by atoms with Gasteiger partial charge in [0.2, 0.25) is 0 Å². The molecule has 3 N–H and O–H groups in total. The van der Waals surface area contributed by atoms with Gasteiger partial charge in [0.05, 0.1) is 5.52 Å². The van der Waals surface area contributed by atoms with E-state index in [0.717, 1.165) is 0 Å². The Balaban J connectivity index is 2.78. The molecule has 0 saturated carbocycles. The first-order valence-electron chi connectivity index (χ1n) is 3.82. The maximum atomic E-state index is 13.1. The van der Waals surface area contributed by atoms with Gasteiger partial charge in [-0.25, -0.2) is 4.39 Å². The van der Waals surface area contributed by atoms with E-state index in [4.69, 9.17) is 10.0 Å². The first-order chi connectivity index (χ1) is 6.20. The van der Waals surface area contributed by atoms with E-state index < -0.39 is 12.9 Å². The van der Waals surface area contributed by atoms with Crippen LogP contribution in [0.5, 0.6) is 0 Å². The summed E-state index contributed by atoms with van der Waals surface area (Å²) < 4.78 is 13.1. The second-order valence-electron chi connectivity index (χ2n) is 2.78. The fourth-order valence-corrected chi connectivity index (χ4v) is 1.37. The Morgan fingerprint density at radius 2 is 2.00 bits per heavy atom. The van der Waals surface area contributed by atoms with Crippen LogP contribution < -0.4 is 5.46 Å². The standard InChI is InChI=1S/C8H7BFNO2/c10-7-2-1-6(9(12)13)5-3-4-11-8(5)7/h1-4,11-13H. The molecule has 0 bridgehead atoms. The molecule has 66 valence electrons. The Hall–Kier alpha value is -1.33. The van der Waals surface area contributed by atoms with Gasteiger partial charge in [0, 0.05) is 11.6 Å². The van der Waals surface area contributed by atoms with Crippen molar-refractivity contribution in [1.29, 1.82) is 0 Å². The van der Waals surface area contributed by atoms with Crippen LogP contribution in [0, 0.1) is 5.82 Å². The lowest BCUT2D eigenvalue weighted by Crippen LogP contribution is -2.30. The number of rotatable bonds is 1.